The number of methoxy groups -OCH3 is 1. The molecule has 1 aromatic carbocycles. The normalized spacial score (nSPS) is 11.7. The molecule has 1 unspecified atom stereocenters. The van der Waals surface area contributed by atoms with Crippen molar-refractivity contribution in [3.8, 4) is 5.88 Å². The number of anilines is 1. The quantitative estimate of drug-likeness (QED) is 0.539. The summed E-state index contributed by atoms with van der Waals surface area (Å²) in [5.41, 5.74) is 7.59. The largest absolute Gasteiger partial charge is 0.481 e. The van der Waals surface area contributed by atoms with Crippen LogP contribution in [-0.4, -0.2) is 35.1 Å². The number of aromatic nitrogens is 2. The molecule has 0 spiro atoms. The van der Waals surface area contributed by atoms with Crippen molar-refractivity contribution < 1.29 is 14.3 Å². The maximum absolute atomic E-state index is 12.6. The van der Waals surface area contributed by atoms with Crippen molar-refractivity contribution in [2.24, 2.45) is 5.73 Å². The van der Waals surface area contributed by atoms with E-state index in [1.807, 2.05) is 30.5 Å². The minimum Gasteiger partial charge on any atom is -0.481 e. The highest BCUT2D eigenvalue weighted by Gasteiger charge is 2.22. The van der Waals surface area contributed by atoms with Crippen LogP contribution in [0.4, 0.5) is 10.5 Å². The Morgan fingerprint density at radius 3 is 2.77 bits per heavy atom. The molecule has 3 amide bonds. The van der Waals surface area contributed by atoms with Crippen molar-refractivity contribution in [1.29, 1.82) is 0 Å². The lowest BCUT2D eigenvalue weighted by atomic mass is 10.0. The summed E-state index contributed by atoms with van der Waals surface area (Å²) in [6.45, 7) is 0. The van der Waals surface area contributed by atoms with E-state index in [9.17, 15) is 9.59 Å². The number of nitrogens with zero attached hydrogens (tertiary/aromatic N) is 1. The highest BCUT2D eigenvalue weighted by molar-refractivity contribution is 5.97. The second-order valence-corrected chi connectivity index (χ2v) is 5.70. The Hall–Kier alpha value is -3.55. The Bertz CT molecular complexity index is 920. The van der Waals surface area contributed by atoms with Gasteiger partial charge in [0.1, 0.15) is 6.04 Å². The minimum absolute atomic E-state index is 0.294. The standard InChI is InChI=1S/C18H19N5O3/c1-26-16-7-6-12(10-21-16)22-17(24)15(23-18(19)25)8-11-9-20-14-5-3-2-4-13(11)14/h2-7,9-10,15,20H,8H2,1H3,(H,22,24)(H3,19,23,25). The van der Waals surface area contributed by atoms with Gasteiger partial charge in [0.25, 0.3) is 0 Å². The maximum atomic E-state index is 12.6. The van der Waals surface area contributed by atoms with Crippen LogP contribution < -0.4 is 21.1 Å². The average molecular weight is 353 g/mol. The van der Waals surface area contributed by atoms with Crippen molar-refractivity contribution in [2.75, 3.05) is 12.4 Å². The van der Waals surface area contributed by atoms with E-state index in [2.05, 4.69) is 20.6 Å². The molecule has 26 heavy (non-hydrogen) atoms. The first-order chi connectivity index (χ1) is 12.6. The lowest BCUT2D eigenvalue weighted by Crippen LogP contribution is -2.47. The smallest absolute Gasteiger partial charge is 0.312 e. The molecular weight excluding hydrogens is 334 g/mol. The second-order valence-electron chi connectivity index (χ2n) is 5.70. The molecule has 0 radical (unpaired) electrons. The van der Waals surface area contributed by atoms with E-state index in [4.69, 9.17) is 10.5 Å². The van der Waals surface area contributed by atoms with E-state index >= 15 is 0 Å². The number of carbonyl (C=O) groups excluding carboxylic acids is 2. The van der Waals surface area contributed by atoms with E-state index in [0.717, 1.165) is 16.5 Å². The number of aromatic amines is 1. The van der Waals surface area contributed by atoms with Crippen molar-refractivity contribution in [1.82, 2.24) is 15.3 Å². The molecule has 3 aromatic rings. The number of hydrogen-bond acceptors (Lipinski definition) is 4. The number of H-pyrrole nitrogens is 1. The molecule has 0 saturated carbocycles. The molecule has 0 bridgehead atoms. The summed E-state index contributed by atoms with van der Waals surface area (Å²) < 4.78 is 4.98. The van der Waals surface area contributed by atoms with Gasteiger partial charge in [0.15, 0.2) is 0 Å². The third-order valence-electron chi connectivity index (χ3n) is 3.94. The first-order valence-corrected chi connectivity index (χ1v) is 7.98. The predicted molar refractivity (Wildman–Crippen MR) is 97.9 cm³/mol. The molecule has 134 valence electrons. The topological polar surface area (TPSA) is 122 Å². The third kappa shape index (κ3) is 3.92. The summed E-state index contributed by atoms with van der Waals surface area (Å²) in [5, 5.41) is 6.20. The molecule has 8 heteroatoms. The van der Waals surface area contributed by atoms with Gasteiger partial charge in [0.05, 0.1) is 19.0 Å². The lowest BCUT2D eigenvalue weighted by molar-refractivity contribution is -0.117. The molecule has 2 aromatic heterocycles. The zero-order valence-corrected chi connectivity index (χ0v) is 14.2. The van der Waals surface area contributed by atoms with Gasteiger partial charge >= 0.3 is 6.03 Å². The summed E-state index contributed by atoms with van der Waals surface area (Å²) in [7, 11) is 1.51. The average Bonchev–Trinajstić information content (AvgIpc) is 3.04. The van der Waals surface area contributed by atoms with Gasteiger partial charge in [-0.25, -0.2) is 9.78 Å². The van der Waals surface area contributed by atoms with E-state index in [1.54, 1.807) is 12.1 Å². The van der Waals surface area contributed by atoms with E-state index < -0.39 is 12.1 Å². The fourth-order valence-electron chi connectivity index (χ4n) is 2.71. The van der Waals surface area contributed by atoms with Gasteiger partial charge in [-0.1, -0.05) is 18.2 Å². The van der Waals surface area contributed by atoms with Gasteiger partial charge in [-0.05, 0) is 17.7 Å². The number of para-hydroxylation sites is 1. The number of primary amides is 1. The number of urea groups is 1. The van der Waals surface area contributed by atoms with Crippen LogP contribution in [0.2, 0.25) is 0 Å². The van der Waals surface area contributed by atoms with Crippen molar-refractivity contribution in [2.45, 2.75) is 12.5 Å². The van der Waals surface area contributed by atoms with Crippen LogP contribution in [-0.2, 0) is 11.2 Å². The number of amides is 3. The molecule has 5 N–H and O–H groups in total. The fraction of sp³-hybridized carbons (Fsp3) is 0.167. The zero-order valence-electron chi connectivity index (χ0n) is 14.2. The summed E-state index contributed by atoms with van der Waals surface area (Å²) in [6.07, 6.45) is 3.59. The van der Waals surface area contributed by atoms with E-state index in [-0.39, 0.29) is 5.91 Å². The molecule has 0 aliphatic heterocycles. The van der Waals surface area contributed by atoms with Gasteiger partial charge in [0, 0.05) is 29.6 Å². The number of ether oxygens (including phenoxy) is 1. The highest BCUT2D eigenvalue weighted by Crippen LogP contribution is 2.19. The van der Waals surface area contributed by atoms with Gasteiger partial charge in [-0.2, -0.15) is 0 Å². The molecule has 0 aliphatic rings. The Kier molecular flexibility index (Phi) is 5.02. The SMILES string of the molecule is COc1ccc(NC(=O)C(Cc2c[nH]c3ccccc23)NC(N)=O)cn1. The van der Waals surface area contributed by atoms with Crippen molar-refractivity contribution >= 4 is 28.5 Å². The molecule has 3 rings (SSSR count). The van der Waals surface area contributed by atoms with Crippen LogP contribution in [0.3, 0.4) is 0 Å². The molecule has 1 atom stereocenters. The summed E-state index contributed by atoms with van der Waals surface area (Å²) in [6, 6.07) is 9.44. The van der Waals surface area contributed by atoms with Crippen LogP contribution in [0, 0.1) is 0 Å². The molecular formula is C18H19N5O3. The van der Waals surface area contributed by atoms with Crippen LogP contribution in [0.1, 0.15) is 5.56 Å². The highest BCUT2D eigenvalue weighted by atomic mass is 16.5. The predicted octanol–water partition coefficient (Wildman–Crippen LogP) is 1.79. The Morgan fingerprint density at radius 1 is 1.27 bits per heavy atom. The number of carbonyl (C=O) groups is 2. The summed E-state index contributed by atoms with van der Waals surface area (Å²) in [4.78, 5) is 31.1. The van der Waals surface area contributed by atoms with Gasteiger partial charge < -0.3 is 26.1 Å². The number of hydrogen-bond donors (Lipinski definition) is 4. The third-order valence-corrected chi connectivity index (χ3v) is 3.94. The second kappa shape index (κ2) is 7.56. The van der Waals surface area contributed by atoms with Crippen molar-refractivity contribution in [3.05, 3.63) is 54.4 Å². The molecule has 0 saturated heterocycles. The van der Waals surface area contributed by atoms with Crippen LogP contribution >= 0.6 is 0 Å². The molecule has 2 heterocycles. The zero-order chi connectivity index (χ0) is 18.5. The first-order valence-electron chi connectivity index (χ1n) is 7.98. The van der Waals surface area contributed by atoms with Crippen LogP contribution in [0.5, 0.6) is 5.88 Å². The number of rotatable bonds is 6. The Morgan fingerprint density at radius 2 is 2.08 bits per heavy atom. The van der Waals surface area contributed by atoms with Crippen LogP contribution in [0.15, 0.2) is 48.8 Å². The maximum Gasteiger partial charge on any atom is 0.312 e. The lowest BCUT2D eigenvalue weighted by Gasteiger charge is -2.17. The number of nitrogens with one attached hydrogen (secondary N) is 3. The first kappa shape index (κ1) is 17.3. The van der Waals surface area contributed by atoms with Gasteiger partial charge in [0.2, 0.25) is 11.8 Å². The van der Waals surface area contributed by atoms with Crippen molar-refractivity contribution in [3.63, 3.8) is 0 Å². The number of pyridine rings is 1. The fourth-order valence-corrected chi connectivity index (χ4v) is 2.71. The summed E-state index contributed by atoms with van der Waals surface area (Å²) >= 11 is 0. The minimum atomic E-state index is -0.825. The number of nitrogens with two attached hydrogens (primary N) is 1. The summed E-state index contributed by atoms with van der Waals surface area (Å²) in [5.74, 6) is 0.0506. The molecule has 0 fully saturated rings. The Labute approximate surface area is 149 Å². The van der Waals surface area contributed by atoms with Crippen LogP contribution in [0.25, 0.3) is 10.9 Å². The van der Waals surface area contributed by atoms with E-state index in [1.165, 1.54) is 13.3 Å². The monoisotopic (exact) mass is 353 g/mol. The molecule has 0 aliphatic carbocycles. The number of fused-ring (bicyclic) bond motifs is 1. The molecule has 8 nitrogen and oxygen atoms in total. The van der Waals surface area contributed by atoms with E-state index in [0.29, 0.717) is 18.0 Å². The Balaban J connectivity index is 1.78. The number of benzene rings is 1. The van der Waals surface area contributed by atoms with Gasteiger partial charge in [-0.3, -0.25) is 4.79 Å². The van der Waals surface area contributed by atoms with Gasteiger partial charge in [-0.15, -0.1) is 0 Å².